The predicted molar refractivity (Wildman–Crippen MR) is 67.3 cm³/mol. The van der Waals surface area contributed by atoms with Crippen LogP contribution in [-0.4, -0.2) is 30.7 Å². The monoisotopic (exact) mass is 246 g/mol. The number of hydrogen-bond acceptors (Lipinski definition) is 3. The van der Waals surface area contributed by atoms with E-state index in [2.05, 4.69) is 5.32 Å². The topological polar surface area (TPSA) is 52.5 Å². The molecule has 5 nitrogen and oxygen atoms in total. The van der Waals surface area contributed by atoms with Gasteiger partial charge in [0.15, 0.2) is 5.75 Å². The van der Waals surface area contributed by atoms with Crippen LogP contribution in [0.5, 0.6) is 11.5 Å². The normalized spacial score (nSPS) is 14.7. The Kier molecular flexibility index (Phi) is 2.40. The summed E-state index contributed by atoms with van der Waals surface area (Å²) >= 11 is 0. The lowest BCUT2D eigenvalue weighted by molar-refractivity contribution is 0.0949. The van der Waals surface area contributed by atoms with Gasteiger partial charge in [-0.2, -0.15) is 0 Å². The minimum absolute atomic E-state index is 0.0971. The maximum Gasteiger partial charge on any atom is 0.271 e. The van der Waals surface area contributed by atoms with Gasteiger partial charge < -0.3 is 19.4 Å². The van der Waals surface area contributed by atoms with Crippen LogP contribution in [0.2, 0.25) is 0 Å². The van der Waals surface area contributed by atoms with Crippen molar-refractivity contribution in [1.29, 1.82) is 0 Å². The maximum absolute atomic E-state index is 12.0. The van der Waals surface area contributed by atoms with Gasteiger partial charge in [0.25, 0.3) is 5.91 Å². The van der Waals surface area contributed by atoms with Gasteiger partial charge >= 0.3 is 0 Å². The van der Waals surface area contributed by atoms with Gasteiger partial charge in [0.2, 0.25) is 0 Å². The summed E-state index contributed by atoms with van der Waals surface area (Å²) in [5.74, 6) is 1.30. The molecule has 1 N–H and O–H groups in total. The molecule has 5 heteroatoms. The van der Waals surface area contributed by atoms with Crippen LogP contribution in [0.15, 0.2) is 18.2 Å². The Hall–Kier alpha value is -2.17. The van der Waals surface area contributed by atoms with E-state index in [1.807, 2.05) is 29.8 Å². The van der Waals surface area contributed by atoms with Crippen LogP contribution in [0.4, 0.5) is 0 Å². The van der Waals surface area contributed by atoms with E-state index in [0.717, 1.165) is 16.7 Å². The fraction of sp³-hybridized carbons (Fsp3) is 0.308. The number of nitrogens with zero attached hydrogens (tertiary/aromatic N) is 1. The molecule has 0 atom stereocenters. The van der Waals surface area contributed by atoms with Crippen LogP contribution in [0.25, 0.3) is 10.9 Å². The number of ether oxygens (including phenoxy) is 2. The van der Waals surface area contributed by atoms with E-state index in [-0.39, 0.29) is 5.91 Å². The summed E-state index contributed by atoms with van der Waals surface area (Å²) in [5.41, 5.74) is 1.52. The Morgan fingerprint density at radius 1 is 1.44 bits per heavy atom. The molecule has 1 aliphatic rings. The summed E-state index contributed by atoms with van der Waals surface area (Å²) in [6.45, 7) is 1.01. The summed E-state index contributed by atoms with van der Waals surface area (Å²) in [7, 11) is 3.48. The minimum Gasteiger partial charge on any atom is -0.497 e. The Bertz CT molecular complexity index is 631. The fourth-order valence-electron chi connectivity index (χ4n) is 2.32. The molecule has 0 unspecified atom stereocenters. The SMILES string of the molecule is COc1ccc2c(c1)c1c(n2C)C(=O)NCCO1. The van der Waals surface area contributed by atoms with Gasteiger partial charge in [0, 0.05) is 12.4 Å². The van der Waals surface area contributed by atoms with E-state index < -0.39 is 0 Å². The van der Waals surface area contributed by atoms with E-state index in [0.29, 0.717) is 24.6 Å². The van der Waals surface area contributed by atoms with E-state index in [1.54, 1.807) is 7.11 Å². The number of benzene rings is 1. The van der Waals surface area contributed by atoms with Gasteiger partial charge in [-0.05, 0) is 18.2 Å². The van der Waals surface area contributed by atoms with Crippen LogP contribution in [0.3, 0.4) is 0 Å². The van der Waals surface area contributed by atoms with Crippen molar-refractivity contribution in [2.45, 2.75) is 0 Å². The number of hydrogen-bond donors (Lipinski definition) is 1. The molecule has 0 saturated heterocycles. The van der Waals surface area contributed by atoms with Crippen LogP contribution in [-0.2, 0) is 7.05 Å². The molecular weight excluding hydrogens is 232 g/mol. The highest BCUT2D eigenvalue weighted by molar-refractivity contribution is 6.04. The van der Waals surface area contributed by atoms with Gasteiger partial charge in [-0.25, -0.2) is 0 Å². The van der Waals surface area contributed by atoms with Crippen molar-refractivity contribution in [1.82, 2.24) is 9.88 Å². The highest BCUT2D eigenvalue weighted by atomic mass is 16.5. The Balaban J connectivity index is 2.33. The molecule has 1 aromatic heterocycles. The molecule has 1 amide bonds. The molecule has 3 rings (SSSR count). The number of carbonyl (C=O) groups is 1. The summed E-state index contributed by atoms with van der Waals surface area (Å²) in [4.78, 5) is 12.0. The van der Waals surface area contributed by atoms with Crippen LogP contribution in [0, 0.1) is 0 Å². The second-order valence-corrected chi connectivity index (χ2v) is 4.22. The first kappa shape index (κ1) is 11.0. The third-order valence-corrected chi connectivity index (χ3v) is 3.21. The maximum atomic E-state index is 12.0. The Morgan fingerprint density at radius 2 is 2.28 bits per heavy atom. The zero-order chi connectivity index (χ0) is 12.7. The molecule has 18 heavy (non-hydrogen) atoms. The molecule has 94 valence electrons. The summed E-state index contributed by atoms with van der Waals surface area (Å²) in [6.07, 6.45) is 0. The third kappa shape index (κ3) is 1.44. The van der Waals surface area contributed by atoms with Crippen molar-refractivity contribution in [3.8, 4) is 11.5 Å². The van der Waals surface area contributed by atoms with Crippen molar-refractivity contribution in [3.05, 3.63) is 23.9 Å². The second kappa shape index (κ2) is 3.94. The zero-order valence-electron chi connectivity index (χ0n) is 10.3. The predicted octanol–water partition coefficient (Wildman–Crippen LogP) is 1.31. The number of methoxy groups -OCH3 is 1. The van der Waals surface area contributed by atoms with Crippen LogP contribution >= 0.6 is 0 Å². The number of fused-ring (bicyclic) bond motifs is 3. The average molecular weight is 246 g/mol. The number of carbonyl (C=O) groups excluding carboxylic acids is 1. The van der Waals surface area contributed by atoms with Gasteiger partial charge in [-0.3, -0.25) is 4.79 Å². The lowest BCUT2D eigenvalue weighted by Gasteiger charge is -2.03. The summed E-state index contributed by atoms with van der Waals surface area (Å²) in [5, 5.41) is 3.72. The first-order valence-electron chi connectivity index (χ1n) is 5.80. The number of nitrogens with one attached hydrogen (secondary N) is 1. The molecule has 0 radical (unpaired) electrons. The molecule has 0 aliphatic carbocycles. The quantitative estimate of drug-likeness (QED) is 0.825. The molecule has 1 aromatic carbocycles. The van der Waals surface area contributed by atoms with Gasteiger partial charge in [-0.1, -0.05) is 0 Å². The van der Waals surface area contributed by atoms with Gasteiger partial charge in [0.05, 0.1) is 19.2 Å². The highest BCUT2D eigenvalue weighted by Crippen LogP contribution is 2.35. The van der Waals surface area contributed by atoms with Crippen molar-refractivity contribution in [3.63, 3.8) is 0 Å². The lowest BCUT2D eigenvalue weighted by Crippen LogP contribution is -2.26. The summed E-state index contributed by atoms with van der Waals surface area (Å²) < 4.78 is 12.8. The molecule has 0 saturated carbocycles. The molecule has 0 spiro atoms. The van der Waals surface area contributed by atoms with Crippen molar-refractivity contribution < 1.29 is 14.3 Å². The second-order valence-electron chi connectivity index (χ2n) is 4.22. The molecular formula is C13H14N2O3. The van der Waals surface area contributed by atoms with Crippen molar-refractivity contribution in [2.24, 2.45) is 7.05 Å². The Morgan fingerprint density at radius 3 is 3.06 bits per heavy atom. The van der Waals surface area contributed by atoms with E-state index in [9.17, 15) is 4.79 Å². The molecule has 2 aromatic rings. The smallest absolute Gasteiger partial charge is 0.271 e. The summed E-state index contributed by atoms with van der Waals surface area (Å²) in [6, 6.07) is 5.70. The average Bonchev–Trinajstić information content (AvgIpc) is 2.54. The number of aryl methyl sites for hydroxylation is 1. The number of amides is 1. The molecule has 0 fully saturated rings. The van der Waals surface area contributed by atoms with Crippen LogP contribution in [0.1, 0.15) is 10.5 Å². The fourth-order valence-corrected chi connectivity index (χ4v) is 2.32. The molecule has 2 heterocycles. The zero-order valence-corrected chi connectivity index (χ0v) is 10.3. The standard InChI is InChI=1S/C13H14N2O3/c1-15-10-4-3-8(17-2)7-9(10)12-11(15)13(16)14-5-6-18-12/h3-4,7H,5-6H2,1-2H3,(H,14,16). The Labute approximate surface area is 104 Å². The minimum atomic E-state index is -0.0971. The number of aromatic nitrogens is 1. The van der Waals surface area contributed by atoms with Gasteiger partial charge in [0.1, 0.15) is 18.1 Å². The van der Waals surface area contributed by atoms with E-state index in [1.165, 1.54) is 0 Å². The molecule has 0 bridgehead atoms. The highest BCUT2D eigenvalue weighted by Gasteiger charge is 2.24. The molecule has 1 aliphatic heterocycles. The van der Waals surface area contributed by atoms with E-state index in [4.69, 9.17) is 9.47 Å². The largest absolute Gasteiger partial charge is 0.497 e. The first-order chi connectivity index (χ1) is 8.72. The van der Waals surface area contributed by atoms with Gasteiger partial charge in [-0.15, -0.1) is 0 Å². The first-order valence-corrected chi connectivity index (χ1v) is 5.80. The number of rotatable bonds is 1. The van der Waals surface area contributed by atoms with Crippen LogP contribution < -0.4 is 14.8 Å². The van der Waals surface area contributed by atoms with Crippen molar-refractivity contribution >= 4 is 16.8 Å². The lowest BCUT2D eigenvalue weighted by atomic mass is 10.2. The van der Waals surface area contributed by atoms with E-state index >= 15 is 0 Å². The third-order valence-electron chi connectivity index (χ3n) is 3.21. The van der Waals surface area contributed by atoms with Crippen molar-refractivity contribution in [2.75, 3.05) is 20.3 Å².